The minimum absolute atomic E-state index is 0.0307. The molecule has 2 aliphatic rings. The van der Waals surface area contributed by atoms with Crippen LogP contribution in [0.25, 0.3) is 0 Å². The van der Waals surface area contributed by atoms with Crippen LogP contribution in [0.15, 0.2) is 36.9 Å². The Balaban J connectivity index is 1.32. The van der Waals surface area contributed by atoms with E-state index in [-0.39, 0.29) is 12.0 Å². The van der Waals surface area contributed by atoms with Crippen LogP contribution in [0.4, 0.5) is 0 Å². The van der Waals surface area contributed by atoms with E-state index in [0.717, 1.165) is 43.9 Å². The number of piperazine rings is 1. The molecule has 2 aliphatic heterocycles. The van der Waals surface area contributed by atoms with Crippen LogP contribution in [-0.4, -0.2) is 69.0 Å². The average Bonchev–Trinajstić information content (AvgIpc) is 3.09. The molecule has 2 aromatic rings. The molecule has 2 saturated heterocycles. The molecule has 0 aliphatic carbocycles. The Morgan fingerprint density at radius 3 is 2.92 bits per heavy atom. The van der Waals surface area contributed by atoms with Gasteiger partial charge in [0, 0.05) is 50.8 Å². The smallest absolute Gasteiger partial charge is 0.274 e. The van der Waals surface area contributed by atoms with Crippen LogP contribution in [0.5, 0.6) is 0 Å². The normalized spacial score (nSPS) is 23.0. The van der Waals surface area contributed by atoms with Crippen molar-refractivity contribution in [2.24, 2.45) is 0 Å². The third kappa shape index (κ3) is 3.73. The number of amides is 1. The summed E-state index contributed by atoms with van der Waals surface area (Å²) in [5, 5.41) is 0. The van der Waals surface area contributed by atoms with Gasteiger partial charge in [-0.25, -0.2) is 4.98 Å². The summed E-state index contributed by atoms with van der Waals surface area (Å²) in [7, 11) is 0. The van der Waals surface area contributed by atoms with E-state index in [1.165, 1.54) is 0 Å². The molecular weight excluding hydrogens is 330 g/mol. The first-order chi connectivity index (χ1) is 12.7. The molecule has 136 valence electrons. The van der Waals surface area contributed by atoms with Crippen molar-refractivity contribution in [3.05, 3.63) is 53.9 Å². The number of fused-ring (bicyclic) bond motifs is 1. The number of carbonyl (C=O) groups excluding carboxylic acids is 1. The van der Waals surface area contributed by atoms with Gasteiger partial charge in [0.25, 0.3) is 5.91 Å². The first kappa shape index (κ1) is 17.1. The van der Waals surface area contributed by atoms with Gasteiger partial charge in [-0.1, -0.05) is 6.07 Å². The molecule has 0 N–H and O–H groups in total. The first-order valence-corrected chi connectivity index (χ1v) is 9.01. The summed E-state index contributed by atoms with van der Waals surface area (Å²) in [6.45, 7) is 5.70. The third-order valence-corrected chi connectivity index (χ3v) is 5.07. The molecule has 2 atom stereocenters. The molecule has 0 spiro atoms. The molecule has 7 nitrogen and oxygen atoms in total. The van der Waals surface area contributed by atoms with E-state index in [2.05, 4.69) is 19.9 Å². The Morgan fingerprint density at radius 1 is 1.23 bits per heavy atom. The van der Waals surface area contributed by atoms with Gasteiger partial charge in [-0.05, 0) is 25.0 Å². The maximum Gasteiger partial charge on any atom is 0.274 e. The lowest BCUT2D eigenvalue weighted by Gasteiger charge is -2.37. The summed E-state index contributed by atoms with van der Waals surface area (Å²) in [4.78, 5) is 29.5. The van der Waals surface area contributed by atoms with Crippen molar-refractivity contribution in [2.45, 2.75) is 32.1 Å². The van der Waals surface area contributed by atoms with E-state index in [1.807, 2.05) is 30.2 Å². The number of aryl methyl sites for hydroxylation is 1. The van der Waals surface area contributed by atoms with Crippen molar-refractivity contribution in [2.75, 3.05) is 26.2 Å². The Bertz CT molecular complexity index is 752. The summed E-state index contributed by atoms with van der Waals surface area (Å²) in [6.07, 6.45) is 7.97. The largest absolute Gasteiger partial charge is 0.372 e. The highest BCUT2D eigenvalue weighted by Gasteiger charge is 2.38. The van der Waals surface area contributed by atoms with Crippen molar-refractivity contribution in [1.82, 2.24) is 24.8 Å². The molecule has 26 heavy (non-hydrogen) atoms. The quantitative estimate of drug-likeness (QED) is 0.825. The maximum atomic E-state index is 12.7. The highest BCUT2D eigenvalue weighted by molar-refractivity contribution is 5.92. The predicted octanol–water partition coefficient (Wildman–Crippen LogP) is 1.30. The second kappa shape index (κ2) is 7.47. The van der Waals surface area contributed by atoms with Gasteiger partial charge in [-0.3, -0.25) is 19.7 Å². The first-order valence-electron chi connectivity index (χ1n) is 9.01. The van der Waals surface area contributed by atoms with Crippen LogP contribution < -0.4 is 0 Å². The van der Waals surface area contributed by atoms with Crippen LogP contribution in [0.2, 0.25) is 0 Å². The van der Waals surface area contributed by atoms with Crippen molar-refractivity contribution in [3.8, 4) is 0 Å². The summed E-state index contributed by atoms with van der Waals surface area (Å²) < 4.78 is 6.07. The fraction of sp³-hybridized carbons (Fsp3) is 0.474. The summed E-state index contributed by atoms with van der Waals surface area (Å²) in [5.74, 6) is -0.0307. The number of rotatable bonds is 4. The zero-order chi connectivity index (χ0) is 17.9. The number of hydrogen-bond acceptors (Lipinski definition) is 6. The molecule has 1 amide bonds. The number of carbonyl (C=O) groups is 1. The van der Waals surface area contributed by atoms with Gasteiger partial charge >= 0.3 is 0 Å². The Morgan fingerprint density at radius 2 is 2.15 bits per heavy atom. The average molecular weight is 353 g/mol. The number of ether oxygens (including phenoxy) is 1. The molecule has 0 unspecified atom stereocenters. The summed E-state index contributed by atoms with van der Waals surface area (Å²) >= 11 is 0. The molecule has 7 heteroatoms. The molecule has 4 rings (SSSR count). The molecule has 0 bridgehead atoms. The molecule has 2 fully saturated rings. The summed E-state index contributed by atoms with van der Waals surface area (Å²) in [5.41, 5.74) is 2.33. The van der Waals surface area contributed by atoms with Crippen molar-refractivity contribution >= 4 is 5.91 Å². The Labute approximate surface area is 153 Å². The van der Waals surface area contributed by atoms with Gasteiger partial charge in [-0.15, -0.1) is 0 Å². The highest BCUT2D eigenvalue weighted by Crippen LogP contribution is 2.25. The lowest BCUT2D eigenvalue weighted by atomic mass is 10.1. The van der Waals surface area contributed by atoms with E-state index in [9.17, 15) is 4.79 Å². The van der Waals surface area contributed by atoms with Gasteiger partial charge in [0.05, 0.1) is 24.6 Å². The number of nitrogens with zero attached hydrogens (tertiary/aromatic N) is 5. The maximum absolute atomic E-state index is 12.7. The zero-order valence-electron chi connectivity index (χ0n) is 14.9. The minimum atomic E-state index is -0.0307. The van der Waals surface area contributed by atoms with E-state index < -0.39 is 0 Å². The van der Waals surface area contributed by atoms with Gasteiger partial charge in [-0.2, -0.15) is 0 Å². The van der Waals surface area contributed by atoms with Crippen LogP contribution in [0.3, 0.4) is 0 Å². The molecule has 0 radical (unpaired) electrons. The van der Waals surface area contributed by atoms with Crippen molar-refractivity contribution in [3.63, 3.8) is 0 Å². The topological polar surface area (TPSA) is 71.5 Å². The van der Waals surface area contributed by atoms with E-state index in [1.54, 1.807) is 18.6 Å². The lowest BCUT2D eigenvalue weighted by molar-refractivity contribution is 0.0449. The van der Waals surface area contributed by atoms with Gasteiger partial charge < -0.3 is 9.64 Å². The fourth-order valence-corrected chi connectivity index (χ4v) is 3.66. The lowest BCUT2D eigenvalue weighted by Crippen LogP contribution is -2.52. The highest BCUT2D eigenvalue weighted by atomic mass is 16.5. The molecular formula is C19H23N5O2. The monoisotopic (exact) mass is 353 g/mol. The molecule has 2 aromatic heterocycles. The van der Waals surface area contributed by atoms with E-state index in [4.69, 9.17) is 4.74 Å². The second-order valence-electron chi connectivity index (χ2n) is 6.97. The third-order valence-electron chi connectivity index (χ3n) is 5.07. The van der Waals surface area contributed by atoms with Gasteiger partial charge in [0.2, 0.25) is 0 Å². The van der Waals surface area contributed by atoms with Crippen LogP contribution in [-0.2, 0) is 11.3 Å². The number of hydrogen-bond donors (Lipinski definition) is 0. The van der Waals surface area contributed by atoms with E-state index in [0.29, 0.717) is 18.3 Å². The Kier molecular flexibility index (Phi) is 4.90. The van der Waals surface area contributed by atoms with Crippen molar-refractivity contribution < 1.29 is 9.53 Å². The summed E-state index contributed by atoms with van der Waals surface area (Å²) in [6, 6.07) is 4.30. The molecule has 0 saturated carbocycles. The van der Waals surface area contributed by atoms with Crippen LogP contribution >= 0.6 is 0 Å². The van der Waals surface area contributed by atoms with Gasteiger partial charge in [0.1, 0.15) is 5.69 Å². The van der Waals surface area contributed by atoms with Crippen LogP contribution in [0, 0.1) is 6.92 Å². The zero-order valence-corrected chi connectivity index (χ0v) is 14.9. The Hall–Kier alpha value is -2.38. The minimum Gasteiger partial charge on any atom is -0.372 e. The molecule has 4 heterocycles. The van der Waals surface area contributed by atoms with Crippen molar-refractivity contribution in [1.29, 1.82) is 0 Å². The SMILES string of the molecule is Cc1cnc(C(=O)N2CCN3C[C@H](OCc4cccnc4)C[C@H]3C2)cn1. The van der Waals surface area contributed by atoms with Crippen LogP contribution in [0.1, 0.15) is 28.2 Å². The van der Waals surface area contributed by atoms with Gasteiger partial charge in [0.15, 0.2) is 0 Å². The fourth-order valence-electron chi connectivity index (χ4n) is 3.66. The van der Waals surface area contributed by atoms with E-state index >= 15 is 0 Å². The number of aromatic nitrogens is 3. The standard InChI is InChI=1S/C19H23N5O2/c1-14-8-22-18(10-21-14)19(25)24-6-5-23-12-17(7-16(23)11-24)26-13-15-3-2-4-20-9-15/h2-4,8-10,16-17H,5-7,11-13H2,1H3/t16-,17+/m0/s1. The second-order valence-corrected chi connectivity index (χ2v) is 6.97. The predicted molar refractivity (Wildman–Crippen MR) is 95.5 cm³/mol. The molecule has 0 aromatic carbocycles. The number of pyridine rings is 1.